The number of hydrogen-bond donors (Lipinski definition) is 3. The molecule has 0 aliphatic carbocycles. The topological polar surface area (TPSA) is 114 Å². The summed E-state index contributed by atoms with van der Waals surface area (Å²) in [5.41, 5.74) is 0.388. The molecule has 1 unspecified atom stereocenters. The van der Waals surface area contributed by atoms with Gasteiger partial charge in [0.05, 0.1) is 30.8 Å². The minimum atomic E-state index is -3.07. The van der Waals surface area contributed by atoms with Crippen LogP contribution >= 0.6 is 11.6 Å². The van der Waals surface area contributed by atoms with E-state index in [9.17, 15) is 18.0 Å². The van der Waals surface area contributed by atoms with Gasteiger partial charge in [-0.25, -0.2) is 13.2 Å². The van der Waals surface area contributed by atoms with Crippen LogP contribution in [-0.4, -0.2) is 51.6 Å². The lowest BCUT2D eigenvalue weighted by atomic mass is 10.3. The first kappa shape index (κ1) is 18.3. The molecule has 1 saturated heterocycles. The molecule has 3 N–H and O–H groups in total. The van der Waals surface area contributed by atoms with E-state index in [0.717, 1.165) is 0 Å². The molecule has 0 bridgehead atoms. The van der Waals surface area contributed by atoms with E-state index < -0.39 is 27.8 Å². The summed E-state index contributed by atoms with van der Waals surface area (Å²) < 4.78 is 27.7. The highest BCUT2D eigenvalue weighted by Gasteiger charge is 2.28. The van der Waals surface area contributed by atoms with Gasteiger partial charge in [0.1, 0.15) is 5.75 Å². The van der Waals surface area contributed by atoms with Crippen LogP contribution in [0, 0.1) is 0 Å². The second-order valence-corrected chi connectivity index (χ2v) is 7.98. The number of ether oxygens (including phenoxy) is 1. The fourth-order valence-electron chi connectivity index (χ4n) is 2.28. The molecule has 132 valence electrons. The Balaban J connectivity index is 1.81. The van der Waals surface area contributed by atoms with Gasteiger partial charge in [-0.15, -0.1) is 0 Å². The molecule has 0 saturated carbocycles. The number of carbonyl (C=O) groups excluding carboxylic acids is 2. The Hall–Kier alpha value is -2.00. The maximum atomic E-state index is 11.9. The van der Waals surface area contributed by atoms with Crippen molar-refractivity contribution in [3.8, 4) is 5.75 Å². The Morgan fingerprint density at radius 3 is 2.75 bits per heavy atom. The van der Waals surface area contributed by atoms with E-state index in [4.69, 9.17) is 16.3 Å². The number of hydrogen-bond acceptors (Lipinski definition) is 5. The number of methoxy groups -OCH3 is 1. The van der Waals surface area contributed by atoms with Crippen molar-refractivity contribution in [2.75, 3.05) is 30.5 Å². The second-order valence-electron chi connectivity index (χ2n) is 5.32. The Morgan fingerprint density at radius 2 is 2.12 bits per heavy atom. The number of anilines is 1. The number of benzene rings is 1. The van der Waals surface area contributed by atoms with Gasteiger partial charge in [0, 0.05) is 11.1 Å². The standard InChI is InChI=1S/C14H18ClN3O5S/c1-23-12-3-2-9(15)6-11(12)18-13(19)7-16-14(20)17-10-4-5-24(21,22)8-10/h2-3,6,10H,4-5,7-8H2,1H3,(H,18,19)(H2,16,17,20). The summed E-state index contributed by atoms with van der Waals surface area (Å²) in [7, 11) is -1.61. The number of sulfone groups is 1. The summed E-state index contributed by atoms with van der Waals surface area (Å²) in [6, 6.07) is 3.74. The molecule has 1 heterocycles. The van der Waals surface area contributed by atoms with Crippen molar-refractivity contribution in [2.45, 2.75) is 12.5 Å². The lowest BCUT2D eigenvalue weighted by Gasteiger charge is -2.13. The van der Waals surface area contributed by atoms with Crippen molar-refractivity contribution < 1.29 is 22.7 Å². The normalized spacial score (nSPS) is 18.7. The summed E-state index contributed by atoms with van der Waals surface area (Å²) in [5, 5.41) is 7.92. The third kappa shape index (κ3) is 5.27. The molecule has 10 heteroatoms. The predicted octanol–water partition coefficient (Wildman–Crippen LogP) is 0.773. The maximum absolute atomic E-state index is 11.9. The zero-order valence-electron chi connectivity index (χ0n) is 13.0. The van der Waals surface area contributed by atoms with Crippen molar-refractivity contribution in [3.63, 3.8) is 0 Å². The van der Waals surface area contributed by atoms with E-state index in [-0.39, 0.29) is 18.1 Å². The minimum absolute atomic E-state index is 0.0625. The van der Waals surface area contributed by atoms with Gasteiger partial charge in [-0.2, -0.15) is 0 Å². The van der Waals surface area contributed by atoms with E-state index in [1.807, 2.05) is 0 Å². The summed E-state index contributed by atoms with van der Waals surface area (Å²) in [6.07, 6.45) is 0.377. The molecule has 1 fully saturated rings. The molecular formula is C14H18ClN3O5S. The largest absolute Gasteiger partial charge is 0.495 e. The molecule has 2 rings (SSSR count). The summed E-state index contributed by atoms with van der Waals surface area (Å²) in [6.45, 7) is -0.277. The minimum Gasteiger partial charge on any atom is -0.495 e. The van der Waals surface area contributed by atoms with Crippen LogP contribution in [0.3, 0.4) is 0 Å². The molecular weight excluding hydrogens is 358 g/mol. The van der Waals surface area contributed by atoms with E-state index in [0.29, 0.717) is 22.9 Å². The van der Waals surface area contributed by atoms with Gasteiger partial charge in [-0.3, -0.25) is 4.79 Å². The van der Waals surface area contributed by atoms with Gasteiger partial charge in [0.25, 0.3) is 0 Å². The van der Waals surface area contributed by atoms with E-state index in [2.05, 4.69) is 16.0 Å². The number of rotatable bonds is 5. The molecule has 1 aliphatic heterocycles. The average Bonchev–Trinajstić information content (AvgIpc) is 2.84. The third-order valence-corrected chi connectivity index (χ3v) is 5.42. The van der Waals surface area contributed by atoms with Crippen molar-refractivity contribution in [1.29, 1.82) is 0 Å². The van der Waals surface area contributed by atoms with Gasteiger partial charge < -0.3 is 20.7 Å². The van der Waals surface area contributed by atoms with Gasteiger partial charge in [-0.1, -0.05) is 11.6 Å². The quantitative estimate of drug-likeness (QED) is 0.703. The molecule has 1 atom stereocenters. The Kier molecular flexibility index (Phi) is 5.89. The summed E-state index contributed by atoms with van der Waals surface area (Å²) >= 11 is 5.87. The zero-order chi connectivity index (χ0) is 17.7. The highest BCUT2D eigenvalue weighted by atomic mass is 35.5. The first-order chi connectivity index (χ1) is 11.3. The number of nitrogens with one attached hydrogen (secondary N) is 3. The van der Waals surface area contributed by atoms with Crippen LogP contribution in [0.4, 0.5) is 10.5 Å². The number of carbonyl (C=O) groups is 2. The first-order valence-electron chi connectivity index (χ1n) is 7.17. The molecule has 8 nitrogen and oxygen atoms in total. The number of amides is 3. The predicted molar refractivity (Wildman–Crippen MR) is 90.2 cm³/mol. The van der Waals surface area contributed by atoms with E-state index in [1.54, 1.807) is 12.1 Å². The van der Waals surface area contributed by atoms with Gasteiger partial charge in [-0.05, 0) is 24.6 Å². The number of halogens is 1. The zero-order valence-corrected chi connectivity index (χ0v) is 14.5. The first-order valence-corrected chi connectivity index (χ1v) is 9.37. The second kappa shape index (κ2) is 7.71. The molecule has 24 heavy (non-hydrogen) atoms. The Morgan fingerprint density at radius 1 is 1.38 bits per heavy atom. The maximum Gasteiger partial charge on any atom is 0.315 e. The summed E-state index contributed by atoms with van der Waals surface area (Å²) in [5.74, 6) is -0.0441. The average molecular weight is 376 g/mol. The van der Waals surface area contributed by atoms with Crippen LogP contribution < -0.4 is 20.7 Å². The molecule has 1 aromatic carbocycles. The van der Waals surface area contributed by atoms with Crippen molar-refractivity contribution in [2.24, 2.45) is 0 Å². The molecule has 0 radical (unpaired) electrons. The SMILES string of the molecule is COc1ccc(Cl)cc1NC(=O)CNC(=O)NC1CCS(=O)(=O)C1. The van der Waals surface area contributed by atoms with Crippen molar-refractivity contribution >= 4 is 39.1 Å². The van der Waals surface area contributed by atoms with Gasteiger partial charge in [0.15, 0.2) is 9.84 Å². The highest BCUT2D eigenvalue weighted by Crippen LogP contribution is 2.27. The third-order valence-electron chi connectivity index (χ3n) is 3.41. The molecule has 1 aliphatic rings. The van der Waals surface area contributed by atoms with Crippen molar-refractivity contribution in [1.82, 2.24) is 10.6 Å². The smallest absolute Gasteiger partial charge is 0.315 e. The van der Waals surface area contributed by atoms with Crippen LogP contribution in [0.1, 0.15) is 6.42 Å². The van der Waals surface area contributed by atoms with Crippen LogP contribution in [0.15, 0.2) is 18.2 Å². The van der Waals surface area contributed by atoms with E-state index in [1.165, 1.54) is 13.2 Å². The molecule has 3 amide bonds. The Bertz CT molecular complexity index is 738. The van der Waals surface area contributed by atoms with E-state index >= 15 is 0 Å². The lowest BCUT2D eigenvalue weighted by molar-refractivity contribution is -0.115. The van der Waals surface area contributed by atoms with Crippen LogP contribution in [0.2, 0.25) is 5.02 Å². The van der Waals surface area contributed by atoms with Crippen LogP contribution in [0.25, 0.3) is 0 Å². The fourth-order valence-corrected chi connectivity index (χ4v) is 4.12. The monoisotopic (exact) mass is 375 g/mol. The van der Waals surface area contributed by atoms with Crippen LogP contribution in [-0.2, 0) is 14.6 Å². The fraction of sp³-hybridized carbons (Fsp3) is 0.429. The van der Waals surface area contributed by atoms with Crippen molar-refractivity contribution in [3.05, 3.63) is 23.2 Å². The number of urea groups is 1. The van der Waals surface area contributed by atoms with Gasteiger partial charge >= 0.3 is 6.03 Å². The lowest BCUT2D eigenvalue weighted by Crippen LogP contribution is -2.45. The molecule has 0 spiro atoms. The van der Waals surface area contributed by atoms with Gasteiger partial charge in [0.2, 0.25) is 5.91 Å². The molecule has 0 aromatic heterocycles. The van der Waals surface area contributed by atoms with Crippen LogP contribution in [0.5, 0.6) is 5.75 Å². The Labute approximate surface area is 144 Å². The highest BCUT2D eigenvalue weighted by molar-refractivity contribution is 7.91. The molecule has 1 aromatic rings. The summed E-state index contributed by atoms with van der Waals surface area (Å²) in [4.78, 5) is 23.6.